The van der Waals surface area contributed by atoms with Crippen LogP contribution in [0.4, 0.5) is 11.5 Å². The molecule has 1 aromatic heterocycles. The lowest BCUT2D eigenvalue weighted by molar-refractivity contribution is 0.311. The maximum Gasteiger partial charge on any atom is 0.128 e. The van der Waals surface area contributed by atoms with Crippen LogP contribution in [0.2, 0.25) is 0 Å². The van der Waals surface area contributed by atoms with Crippen molar-refractivity contribution in [2.45, 2.75) is 13.8 Å². The van der Waals surface area contributed by atoms with E-state index in [1.165, 1.54) is 0 Å². The Hall–Kier alpha value is -1.29. The van der Waals surface area contributed by atoms with Gasteiger partial charge in [0.2, 0.25) is 0 Å². The molecule has 0 fully saturated rings. The zero-order valence-corrected chi connectivity index (χ0v) is 10.5. The topological polar surface area (TPSA) is 45.4 Å². The summed E-state index contributed by atoms with van der Waals surface area (Å²) in [6.45, 7) is 8.61. The van der Waals surface area contributed by atoms with Crippen LogP contribution in [0.3, 0.4) is 0 Å². The van der Waals surface area contributed by atoms with Gasteiger partial charge in [0.25, 0.3) is 0 Å². The number of likely N-dealkylation sites (N-methyl/N-ethyl adjacent to an activating group) is 2. The van der Waals surface area contributed by atoms with E-state index < -0.39 is 0 Å². The van der Waals surface area contributed by atoms with Gasteiger partial charge in [-0.1, -0.05) is 13.8 Å². The maximum atomic E-state index is 5.60. The second-order valence-corrected chi connectivity index (χ2v) is 3.90. The van der Waals surface area contributed by atoms with E-state index in [2.05, 4.69) is 35.7 Å². The number of aromatic nitrogens is 1. The molecule has 1 rings (SSSR count). The average Bonchev–Trinajstić information content (AvgIpc) is 2.31. The van der Waals surface area contributed by atoms with Crippen molar-refractivity contribution in [1.29, 1.82) is 0 Å². The van der Waals surface area contributed by atoms with Crippen molar-refractivity contribution in [3.63, 3.8) is 0 Å². The lowest BCUT2D eigenvalue weighted by atomic mass is 10.4. The number of hydrogen-bond donors (Lipinski definition) is 1. The molecule has 4 nitrogen and oxygen atoms in total. The third-order valence-corrected chi connectivity index (χ3v) is 2.81. The SMILES string of the molecule is CCN(CC)CCN(C)c1ccc(N)cn1. The number of anilines is 2. The van der Waals surface area contributed by atoms with Crippen molar-refractivity contribution in [2.24, 2.45) is 0 Å². The van der Waals surface area contributed by atoms with Crippen molar-refractivity contribution in [3.05, 3.63) is 18.3 Å². The lowest BCUT2D eigenvalue weighted by Crippen LogP contribution is -2.33. The first-order chi connectivity index (χ1) is 7.67. The van der Waals surface area contributed by atoms with Crippen LogP contribution in [0.5, 0.6) is 0 Å². The summed E-state index contributed by atoms with van der Waals surface area (Å²) in [5, 5.41) is 0. The molecule has 0 bridgehead atoms. The Morgan fingerprint density at radius 3 is 2.38 bits per heavy atom. The number of nitrogen functional groups attached to an aromatic ring is 1. The first-order valence-electron chi connectivity index (χ1n) is 5.82. The fourth-order valence-electron chi connectivity index (χ4n) is 1.57. The number of nitrogens with two attached hydrogens (primary N) is 1. The zero-order chi connectivity index (χ0) is 12.0. The highest BCUT2D eigenvalue weighted by molar-refractivity contribution is 5.45. The van der Waals surface area contributed by atoms with E-state index in [0.717, 1.165) is 32.0 Å². The summed E-state index contributed by atoms with van der Waals surface area (Å²) in [5.41, 5.74) is 6.31. The molecule has 1 aromatic rings. The van der Waals surface area contributed by atoms with Gasteiger partial charge in [-0.15, -0.1) is 0 Å². The highest BCUT2D eigenvalue weighted by atomic mass is 15.2. The predicted octanol–water partition coefficient (Wildman–Crippen LogP) is 1.44. The van der Waals surface area contributed by atoms with Gasteiger partial charge in [0.1, 0.15) is 5.82 Å². The van der Waals surface area contributed by atoms with E-state index in [1.54, 1.807) is 6.20 Å². The average molecular weight is 222 g/mol. The summed E-state index contributed by atoms with van der Waals surface area (Å²) in [7, 11) is 2.06. The zero-order valence-electron chi connectivity index (χ0n) is 10.5. The quantitative estimate of drug-likeness (QED) is 0.791. The second-order valence-electron chi connectivity index (χ2n) is 3.90. The molecule has 0 aromatic carbocycles. The molecular weight excluding hydrogens is 200 g/mol. The lowest BCUT2D eigenvalue weighted by Gasteiger charge is -2.23. The van der Waals surface area contributed by atoms with Gasteiger partial charge in [-0.2, -0.15) is 0 Å². The Kier molecular flexibility index (Phi) is 5.05. The minimum Gasteiger partial charge on any atom is -0.397 e. The van der Waals surface area contributed by atoms with Crippen LogP contribution >= 0.6 is 0 Å². The van der Waals surface area contributed by atoms with Gasteiger partial charge in [-0.3, -0.25) is 0 Å². The van der Waals surface area contributed by atoms with E-state index in [1.807, 2.05) is 12.1 Å². The number of nitrogens with zero attached hydrogens (tertiary/aromatic N) is 3. The molecule has 0 atom stereocenters. The number of hydrogen-bond acceptors (Lipinski definition) is 4. The van der Waals surface area contributed by atoms with Crippen LogP contribution in [-0.4, -0.2) is 43.1 Å². The smallest absolute Gasteiger partial charge is 0.128 e. The summed E-state index contributed by atoms with van der Waals surface area (Å²) in [5.74, 6) is 0.973. The molecule has 2 N–H and O–H groups in total. The number of rotatable bonds is 6. The summed E-state index contributed by atoms with van der Waals surface area (Å²) in [6.07, 6.45) is 1.70. The van der Waals surface area contributed by atoms with Gasteiger partial charge in [-0.25, -0.2) is 4.98 Å². The molecule has 0 saturated heterocycles. The van der Waals surface area contributed by atoms with Crippen LogP contribution in [0.15, 0.2) is 18.3 Å². The Morgan fingerprint density at radius 1 is 1.19 bits per heavy atom. The standard InChI is InChI=1S/C12H22N4/c1-4-16(5-2)9-8-15(3)12-7-6-11(13)10-14-12/h6-7,10H,4-5,8-9,13H2,1-3H3. The molecule has 90 valence electrons. The molecule has 0 spiro atoms. The molecule has 1 heterocycles. The molecule has 0 aliphatic carbocycles. The fraction of sp³-hybridized carbons (Fsp3) is 0.583. The molecule has 0 aliphatic heterocycles. The van der Waals surface area contributed by atoms with Crippen LogP contribution in [0.25, 0.3) is 0 Å². The van der Waals surface area contributed by atoms with E-state index in [4.69, 9.17) is 5.73 Å². The Bertz CT molecular complexity index is 292. The Morgan fingerprint density at radius 2 is 1.88 bits per heavy atom. The third-order valence-electron chi connectivity index (χ3n) is 2.81. The highest BCUT2D eigenvalue weighted by Crippen LogP contribution is 2.10. The normalized spacial score (nSPS) is 10.8. The Labute approximate surface area is 98.1 Å². The summed E-state index contributed by atoms with van der Waals surface area (Å²) < 4.78 is 0. The van der Waals surface area contributed by atoms with Gasteiger partial charge < -0.3 is 15.5 Å². The van der Waals surface area contributed by atoms with Crippen LogP contribution in [0.1, 0.15) is 13.8 Å². The predicted molar refractivity (Wildman–Crippen MR) is 69.7 cm³/mol. The van der Waals surface area contributed by atoms with Gasteiger partial charge in [0.05, 0.1) is 11.9 Å². The van der Waals surface area contributed by atoms with Gasteiger partial charge in [-0.05, 0) is 25.2 Å². The minimum atomic E-state index is 0.709. The molecule has 16 heavy (non-hydrogen) atoms. The van der Waals surface area contributed by atoms with E-state index in [-0.39, 0.29) is 0 Å². The summed E-state index contributed by atoms with van der Waals surface area (Å²) in [4.78, 5) is 8.84. The molecule has 4 heteroatoms. The first kappa shape index (κ1) is 12.8. The Balaban J connectivity index is 2.46. The van der Waals surface area contributed by atoms with Crippen molar-refractivity contribution >= 4 is 11.5 Å². The number of pyridine rings is 1. The molecular formula is C12H22N4. The fourth-order valence-corrected chi connectivity index (χ4v) is 1.57. The minimum absolute atomic E-state index is 0.709. The third kappa shape index (κ3) is 3.70. The van der Waals surface area contributed by atoms with Crippen LogP contribution in [-0.2, 0) is 0 Å². The molecule has 0 saturated carbocycles. The van der Waals surface area contributed by atoms with E-state index in [0.29, 0.717) is 5.69 Å². The van der Waals surface area contributed by atoms with Crippen molar-refractivity contribution in [3.8, 4) is 0 Å². The molecule has 0 aliphatic rings. The second kappa shape index (κ2) is 6.33. The largest absolute Gasteiger partial charge is 0.397 e. The first-order valence-corrected chi connectivity index (χ1v) is 5.82. The molecule has 0 amide bonds. The summed E-state index contributed by atoms with van der Waals surface area (Å²) in [6, 6.07) is 3.84. The highest BCUT2D eigenvalue weighted by Gasteiger charge is 2.04. The molecule has 0 radical (unpaired) electrons. The maximum absolute atomic E-state index is 5.60. The van der Waals surface area contributed by atoms with Crippen LogP contribution in [0, 0.1) is 0 Å². The van der Waals surface area contributed by atoms with Gasteiger partial charge >= 0.3 is 0 Å². The van der Waals surface area contributed by atoms with Gasteiger partial charge in [0.15, 0.2) is 0 Å². The summed E-state index contributed by atoms with van der Waals surface area (Å²) >= 11 is 0. The van der Waals surface area contributed by atoms with Crippen LogP contribution < -0.4 is 10.6 Å². The van der Waals surface area contributed by atoms with Crippen molar-refractivity contribution in [2.75, 3.05) is 43.9 Å². The van der Waals surface area contributed by atoms with Crippen molar-refractivity contribution < 1.29 is 0 Å². The monoisotopic (exact) mass is 222 g/mol. The van der Waals surface area contributed by atoms with E-state index in [9.17, 15) is 0 Å². The van der Waals surface area contributed by atoms with Crippen molar-refractivity contribution in [1.82, 2.24) is 9.88 Å². The van der Waals surface area contributed by atoms with Gasteiger partial charge in [0, 0.05) is 20.1 Å². The molecule has 0 unspecified atom stereocenters. The van der Waals surface area contributed by atoms with E-state index >= 15 is 0 Å².